The fraction of sp³-hybridized carbons (Fsp3) is 0.0400. The van der Waals surface area contributed by atoms with Crippen molar-refractivity contribution in [2.24, 2.45) is 0 Å². The third kappa shape index (κ3) is 5.35. The lowest BCUT2D eigenvalue weighted by Gasteiger charge is -2.30. The lowest BCUT2D eigenvalue weighted by atomic mass is 9.74. The summed E-state index contributed by atoms with van der Waals surface area (Å²) in [5.41, 5.74) is 16.9. The number of hydrogen-bond donors (Lipinski definition) is 0. The molecule has 0 aliphatic heterocycles. The molecule has 9 rings (SSSR count). The van der Waals surface area contributed by atoms with Crippen LogP contribution in [-0.4, -0.2) is 0 Å². The first-order chi connectivity index (χ1) is 25.2. The van der Waals surface area contributed by atoms with Gasteiger partial charge < -0.3 is 4.90 Å². The molecule has 0 amide bonds. The highest BCUT2D eigenvalue weighted by Gasteiger charge is 2.40. The van der Waals surface area contributed by atoms with Crippen molar-refractivity contribution in [2.75, 3.05) is 4.90 Å². The van der Waals surface area contributed by atoms with Gasteiger partial charge in [-0.25, -0.2) is 0 Å². The topological polar surface area (TPSA) is 3.24 Å². The highest BCUT2D eigenvalue weighted by Crippen LogP contribution is 2.53. The second kappa shape index (κ2) is 12.8. The molecule has 0 aromatic heterocycles. The normalized spacial score (nSPS) is 14.5. The molecule has 0 radical (unpaired) electrons. The van der Waals surface area contributed by atoms with Crippen LogP contribution in [0.25, 0.3) is 44.5 Å². The molecule has 1 atom stereocenters. The lowest BCUT2D eigenvalue weighted by molar-refractivity contribution is 0.714. The fourth-order valence-electron chi connectivity index (χ4n) is 7.95. The fourth-order valence-corrected chi connectivity index (χ4v) is 7.95. The smallest absolute Gasteiger partial charge is 0.0540 e. The van der Waals surface area contributed by atoms with Gasteiger partial charge in [0.25, 0.3) is 0 Å². The number of hydrogen-bond acceptors (Lipinski definition) is 1. The number of anilines is 3. The van der Waals surface area contributed by atoms with E-state index in [9.17, 15) is 0 Å². The zero-order chi connectivity index (χ0) is 34.2. The maximum Gasteiger partial charge on any atom is 0.0540 e. The van der Waals surface area contributed by atoms with Gasteiger partial charge in [0.2, 0.25) is 0 Å². The molecule has 51 heavy (non-hydrogen) atoms. The molecular formula is C50H37N. The Labute approximate surface area is 300 Å². The minimum absolute atomic E-state index is 0.266. The Bertz CT molecular complexity index is 2360. The third-order valence-corrected chi connectivity index (χ3v) is 10.6. The van der Waals surface area contributed by atoms with E-state index >= 15 is 0 Å². The summed E-state index contributed by atoms with van der Waals surface area (Å²) in [4.78, 5) is 2.40. The Morgan fingerprint density at radius 2 is 0.765 bits per heavy atom. The van der Waals surface area contributed by atoms with Crippen molar-refractivity contribution < 1.29 is 0 Å². The third-order valence-electron chi connectivity index (χ3n) is 10.6. The maximum atomic E-state index is 2.44. The zero-order valence-corrected chi connectivity index (χ0v) is 28.6. The molecule has 0 N–H and O–H groups in total. The summed E-state index contributed by atoms with van der Waals surface area (Å²) in [6.07, 6.45) is 0. The van der Waals surface area contributed by atoms with E-state index in [4.69, 9.17) is 0 Å². The van der Waals surface area contributed by atoms with Crippen molar-refractivity contribution in [2.45, 2.75) is 12.3 Å². The van der Waals surface area contributed by atoms with Crippen molar-refractivity contribution >= 4 is 17.1 Å². The summed E-state index contributed by atoms with van der Waals surface area (Å²) in [5.74, 6) is 0. The molecule has 8 aromatic carbocycles. The van der Waals surface area contributed by atoms with E-state index in [0.29, 0.717) is 0 Å². The van der Waals surface area contributed by atoms with Gasteiger partial charge in [-0.3, -0.25) is 0 Å². The van der Waals surface area contributed by atoms with Gasteiger partial charge in [0.15, 0.2) is 0 Å². The van der Waals surface area contributed by atoms with Crippen LogP contribution in [0, 0.1) is 0 Å². The van der Waals surface area contributed by atoms with Crippen LogP contribution in [0.2, 0.25) is 0 Å². The Morgan fingerprint density at radius 1 is 0.333 bits per heavy atom. The van der Waals surface area contributed by atoms with Crippen LogP contribution in [0.15, 0.2) is 206 Å². The Balaban J connectivity index is 1.20. The summed E-state index contributed by atoms with van der Waals surface area (Å²) in [6.45, 7) is 2.39. The Morgan fingerprint density at radius 3 is 1.35 bits per heavy atom. The second-order valence-electron chi connectivity index (χ2n) is 13.5. The molecule has 0 bridgehead atoms. The molecule has 0 saturated carbocycles. The standard InChI is InChI=1S/C50H37N/c1-50(41-19-9-4-10-20-41)47-23-13-11-22-45(47)46-34-29-40(35-48(46)50)44-21-12-14-24-49(44)51(42-30-25-38(26-31-42)36-15-5-2-6-16-36)43-32-27-39(28-33-43)37-17-7-3-8-18-37/h2-35H,1H3. The van der Waals surface area contributed by atoms with Crippen molar-refractivity contribution in [1.82, 2.24) is 0 Å². The first-order valence-electron chi connectivity index (χ1n) is 17.7. The molecule has 1 unspecified atom stereocenters. The molecule has 1 aliphatic carbocycles. The van der Waals surface area contributed by atoms with Gasteiger partial charge in [0.05, 0.1) is 5.69 Å². The van der Waals surface area contributed by atoms with Crippen LogP contribution >= 0.6 is 0 Å². The molecule has 0 spiro atoms. The first-order valence-corrected chi connectivity index (χ1v) is 17.7. The van der Waals surface area contributed by atoms with E-state index in [-0.39, 0.29) is 5.41 Å². The molecule has 1 aliphatic rings. The monoisotopic (exact) mass is 651 g/mol. The van der Waals surface area contributed by atoms with Crippen LogP contribution in [-0.2, 0) is 5.41 Å². The average molecular weight is 652 g/mol. The Kier molecular flexibility index (Phi) is 7.67. The van der Waals surface area contributed by atoms with Gasteiger partial charge in [-0.1, -0.05) is 170 Å². The molecule has 0 heterocycles. The van der Waals surface area contributed by atoms with Gasteiger partial charge in [0, 0.05) is 22.4 Å². The SMILES string of the molecule is CC1(c2ccccc2)c2ccccc2-c2ccc(-c3ccccc3N(c3ccc(-c4ccccc4)cc3)c3ccc(-c4ccccc4)cc3)cc21. The van der Waals surface area contributed by atoms with E-state index in [1.807, 2.05) is 0 Å². The van der Waals surface area contributed by atoms with Crippen LogP contribution in [0.3, 0.4) is 0 Å². The quantitative estimate of drug-likeness (QED) is 0.166. The second-order valence-corrected chi connectivity index (χ2v) is 13.5. The van der Waals surface area contributed by atoms with Crippen LogP contribution in [0.1, 0.15) is 23.6 Å². The molecule has 1 nitrogen and oxygen atoms in total. The van der Waals surface area contributed by atoms with Crippen LogP contribution in [0.5, 0.6) is 0 Å². The number of benzene rings is 8. The van der Waals surface area contributed by atoms with Gasteiger partial charge in [-0.15, -0.1) is 0 Å². The predicted molar refractivity (Wildman–Crippen MR) is 215 cm³/mol. The van der Waals surface area contributed by atoms with Gasteiger partial charge in [-0.2, -0.15) is 0 Å². The zero-order valence-electron chi connectivity index (χ0n) is 28.6. The first kappa shape index (κ1) is 30.6. The number of fused-ring (bicyclic) bond motifs is 3. The van der Waals surface area contributed by atoms with E-state index in [2.05, 4.69) is 218 Å². The minimum atomic E-state index is -0.266. The van der Waals surface area contributed by atoms with E-state index in [0.717, 1.165) is 17.1 Å². The average Bonchev–Trinajstić information content (AvgIpc) is 3.48. The molecular weight excluding hydrogens is 615 g/mol. The van der Waals surface area contributed by atoms with Crippen molar-refractivity contribution in [3.63, 3.8) is 0 Å². The predicted octanol–water partition coefficient (Wildman–Crippen LogP) is 13.5. The highest BCUT2D eigenvalue weighted by molar-refractivity contribution is 5.92. The maximum absolute atomic E-state index is 2.44. The molecule has 1 heteroatoms. The van der Waals surface area contributed by atoms with Crippen LogP contribution < -0.4 is 4.90 Å². The summed E-state index contributed by atoms with van der Waals surface area (Å²) in [6, 6.07) is 74.9. The molecule has 242 valence electrons. The number of rotatable bonds is 7. The molecule has 8 aromatic rings. The summed E-state index contributed by atoms with van der Waals surface area (Å²) >= 11 is 0. The number of para-hydroxylation sites is 1. The number of nitrogens with zero attached hydrogens (tertiary/aromatic N) is 1. The van der Waals surface area contributed by atoms with Crippen molar-refractivity contribution in [1.29, 1.82) is 0 Å². The molecule has 0 fully saturated rings. The largest absolute Gasteiger partial charge is 0.310 e. The van der Waals surface area contributed by atoms with Gasteiger partial charge >= 0.3 is 0 Å². The van der Waals surface area contributed by atoms with E-state index < -0.39 is 0 Å². The van der Waals surface area contributed by atoms with Crippen molar-refractivity contribution in [3.8, 4) is 44.5 Å². The lowest BCUT2D eigenvalue weighted by Crippen LogP contribution is -2.22. The van der Waals surface area contributed by atoms with Gasteiger partial charge in [-0.05, 0) is 99.0 Å². The highest BCUT2D eigenvalue weighted by atomic mass is 15.1. The van der Waals surface area contributed by atoms with Gasteiger partial charge in [0.1, 0.15) is 0 Å². The Hall–Kier alpha value is -6.44. The molecule has 0 saturated heterocycles. The summed E-state index contributed by atoms with van der Waals surface area (Å²) < 4.78 is 0. The van der Waals surface area contributed by atoms with E-state index in [1.54, 1.807) is 0 Å². The summed E-state index contributed by atoms with van der Waals surface area (Å²) in [7, 11) is 0. The van der Waals surface area contributed by atoms with Crippen molar-refractivity contribution in [3.05, 3.63) is 223 Å². The minimum Gasteiger partial charge on any atom is -0.310 e. The summed E-state index contributed by atoms with van der Waals surface area (Å²) in [5, 5.41) is 0. The van der Waals surface area contributed by atoms with E-state index in [1.165, 1.54) is 61.2 Å². The van der Waals surface area contributed by atoms with Crippen LogP contribution in [0.4, 0.5) is 17.1 Å².